The number of rotatable bonds is 1. The summed E-state index contributed by atoms with van der Waals surface area (Å²) in [6, 6.07) is 10.1. The summed E-state index contributed by atoms with van der Waals surface area (Å²) in [5.74, 6) is 0.258. The first-order valence-corrected chi connectivity index (χ1v) is 4.51. The highest BCUT2D eigenvalue weighted by Crippen LogP contribution is 2.45. The SMILES string of the molecule is O=C1CCN2C(c3ccccc3)N12. The van der Waals surface area contributed by atoms with Crippen LogP contribution in [0.25, 0.3) is 0 Å². The van der Waals surface area contributed by atoms with Crippen LogP contribution in [0.15, 0.2) is 30.3 Å². The Morgan fingerprint density at radius 1 is 1.23 bits per heavy atom. The molecule has 0 radical (unpaired) electrons. The molecule has 0 saturated carbocycles. The number of carbonyl (C=O) groups is 1. The number of hydrazine groups is 1. The van der Waals surface area contributed by atoms with Crippen LogP contribution in [-0.2, 0) is 4.79 Å². The van der Waals surface area contributed by atoms with Crippen LogP contribution in [0.5, 0.6) is 0 Å². The Morgan fingerprint density at radius 2 is 2.00 bits per heavy atom. The quantitative estimate of drug-likeness (QED) is 0.596. The molecule has 2 aliphatic heterocycles. The second kappa shape index (κ2) is 2.33. The maximum absolute atomic E-state index is 11.3. The third-order valence-corrected chi connectivity index (χ3v) is 2.64. The van der Waals surface area contributed by atoms with Crippen LogP contribution >= 0.6 is 0 Å². The predicted molar refractivity (Wildman–Crippen MR) is 47.4 cm³/mol. The lowest BCUT2D eigenvalue weighted by atomic mass is 10.2. The largest absolute Gasteiger partial charge is 0.273 e. The second-order valence-electron chi connectivity index (χ2n) is 3.44. The van der Waals surface area contributed by atoms with Crippen molar-refractivity contribution in [2.75, 3.05) is 6.54 Å². The summed E-state index contributed by atoms with van der Waals surface area (Å²) in [6.45, 7) is 0.887. The standard InChI is InChI=1S/C10H10N2O/c13-9-6-7-11-10(12(9)11)8-4-2-1-3-5-8/h1-5,10H,6-7H2. The lowest BCUT2D eigenvalue weighted by Gasteiger charge is -1.98. The van der Waals surface area contributed by atoms with Gasteiger partial charge in [0.15, 0.2) is 0 Å². The Hall–Kier alpha value is -1.35. The molecule has 0 N–H and O–H groups in total. The molecule has 2 aliphatic rings. The predicted octanol–water partition coefficient (Wildman–Crippen LogP) is 1.15. The van der Waals surface area contributed by atoms with Gasteiger partial charge in [0.05, 0.1) is 0 Å². The molecule has 3 rings (SSSR count). The Balaban J connectivity index is 1.88. The van der Waals surface area contributed by atoms with Gasteiger partial charge in [-0.3, -0.25) is 4.79 Å². The van der Waals surface area contributed by atoms with Crippen LogP contribution in [0.4, 0.5) is 0 Å². The van der Waals surface area contributed by atoms with E-state index < -0.39 is 0 Å². The zero-order valence-electron chi connectivity index (χ0n) is 7.18. The Labute approximate surface area is 76.5 Å². The van der Waals surface area contributed by atoms with Crippen LogP contribution in [0.3, 0.4) is 0 Å². The second-order valence-corrected chi connectivity index (χ2v) is 3.44. The highest BCUT2D eigenvalue weighted by molar-refractivity contribution is 5.80. The summed E-state index contributed by atoms with van der Waals surface area (Å²) < 4.78 is 0. The van der Waals surface area contributed by atoms with Gasteiger partial charge in [0.2, 0.25) is 5.91 Å². The van der Waals surface area contributed by atoms with Crippen molar-refractivity contribution in [1.82, 2.24) is 10.0 Å². The van der Waals surface area contributed by atoms with E-state index in [0.717, 1.165) is 6.54 Å². The number of benzene rings is 1. The number of hydrogen-bond acceptors (Lipinski definition) is 2. The molecule has 2 fully saturated rings. The fraction of sp³-hybridized carbons (Fsp3) is 0.300. The molecule has 2 atom stereocenters. The van der Waals surface area contributed by atoms with E-state index in [1.54, 1.807) is 0 Å². The number of hydrogen-bond donors (Lipinski definition) is 0. The molecule has 2 saturated heterocycles. The van der Waals surface area contributed by atoms with Gasteiger partial charge < -0.3 is 0 Å². The van der Waals surface area contributed by atoms with Gasteiger partial charge in [0.1, 0.15) is 6.17 Å². The van der Waals surface area contributed by atoms with E-state index in [4.69, 9.17) is 0 Å². The smallest absolute Gasteiger partial charge is 0.240 e. The molecule has 0 spiro atoms. The van der Waals surface area contributed by atoms with E-state index in [1.807, 2.05) is 23.2 Å². The van der Waals surface area contributed by atoms with Crippen molar-refractivity contribution in [3.05, 3.63) is 35.9 Å². The minimum absolute atomic E-state index is 0.238. The van der Waals surface area contributed by atoms with Gasteiger partial charge in [-0.1, -0.05) is 30.3 Å². The van der Waals surface area contributed by atoms with Gasteiger partial charge in [-0.15, -0.1) is 0 Å². The van der Waals surface area contributed by atoms with Crippen LogP contribution in [0.1, 0.15) is 18.2 Å². The van der Waals surface area contributed by atoms with Gasteiger partial charge >= 0.3 is 0 Å². The molecule has 3 nitrogen and oxygen atoms in total. The molecule has 1 aromatic rings. The molecule has 1 aromatic carbocycles. The third-order valence-electron chi connectivity index (χ3n) is 2.64. The first kappa shape index (κ1) is 7.09. The fourth-order valence-electron chi connectivity index (χ4n) is 1.98. The minimum Gasteiger partial charge on any atom is -0.273 e. The minimum atomic E-state index is 0.238. The molecule has 66 valence electrons. The van der Waals surface area contributed by atoms with Crippen molar-refractivity contribution in [2.45, 2.75) is 12.6 Å². The Morgan fingerprint density at radius 3 is 2.62 bits per heavy atom. The maximum Gasteiger partial charge on any atom is 0.240 e. The zero-order chi connectivity index (χ0) is 8.84. The molecular formula is C10H10N2O. The lowest BCUT2D eigenvalue weighted by molar-refractivity contribution is -0.125. The van der Waals surface area contributed by atoms with E-state index in [0.29, 0.717) is 6.42 Å². The van der Waals surface area contributed by atoms with Gasteiger partial charge in [0, 0.05) is 13.0 Å². The monoisotopic (exact) mass is 174 g/mol. The number of amides is 1. The van der Waals surface area contributed by atoms with E-state index in [-0.39, 0.29) is 12.1 Å². The third kappa shape index (κ3) is 0.906. The van der Waals surface area contributed by atoms with E-state index in [2.05, 4.69) is 17.1 Å². The normalized spacial score (nSPS) is 30.5. The highest BCUT2D eigenvalue weighted by Gasteiger charge is 2.53. The van der Waals surface area contributed by atoms with Crippen LogP contribution in [0.2, 0.25) is 0 Å². The van der Waals surface area contributed by atoms with E-state index >= 15 is 0 Å². The van der Waals surface area contributed by atoms with Gasteiger partial charge in [0.25, 0.3) is 0 Å². The molecule has 1 amide bonds. The zero-order valence-corrected chi connectivity index (χ0v) is 7.18. The topological polar surface area (TPSA) is 23.1 Å². The van der Waals surface area contributed by atoms with Crippen molar-refractivity contribution in [2.24, 2.45) is 0 Å². The lowest BCUT2D eigenvalue weighted by Crippen LogP contribution is -2.06. The summed E-state index contributed by atoms with van der Waals surface area (Å²) in [5.41, 5.74) is 1.22. The van der Waals surface area contributed by atoms with Crippen molar-refractivity contribution >= 4 is 5.91 Å². The summed E-state index contributed by atoms with van der Waals surface area (Å²) in [7, 11) is 0. The van der Waals surface area contributed by atoms with E-state index in [1.165, 1.54) is 5.56 Å². The first-order chi connectivity index (χ1) is 6.38. The summed E-state index contributed by atoms with van der Waals surface area (Å²) >= 11 is 0. The van der Waals surface area contributed by atoms with Crippen molar-refractivity contribution in [3.63, 3.8) is 0 Å². The molecule has 2 unspecified atom stereocenters. The van der Waals surface area contributed by atoms with Gasteiger partial charge in [-0.2, -0.15) is 5.01 Å². The molecule has 2 heterocycles. The summed E-state index contributed by atoms with van der Waals surface area (Å²) in [4.78, 5) is 11.3. The Bertz CT molecular complexity index is 349. The van der Waals surface area contributed by atoms with Crippen LogP contribution < -0.4 is 0 Å². The molecule has 0 aliphatic carbocycles. The molecule has 0 bridgehead atoms. The average molecular weight is 174 g/mol. The highest BCUT2D eigenvalue weighted by atomic mass is 16.2. The molecule has 0 aromatic heterocycles. The van der Waals surface area contributed by atoms with Crippen LogP contribution in [-0.4, -0.2) is 22.5 Å². The van der Waals surface area contributed by atoms with E-state index in [9.17, 15) is 4.79 Å². The van der Waals surface area contributed by atoms with Gasteiger partial charge in [-0.25, -0.2) is 5.01 Å². The fourth-order valence-corrected chi connectivity index (χ4v) is 1.98. The summed E-state index contributed by atoms with van der Waals surface area (Å²) in [5, 5.41) is 3.95. The average Bonchev–Trinajstić information content (AvgIpc) is 2.80. The first-order valence-electron chi connectivity index (χ1n) is 4.51. The molecule has 3 heteroatoms. The number of carbonyl (C=O) groups excluding carboxylic acids is 1. The van der Waals surface area contributed by atoms with Gasteiger partial charge in [-0.05, 0) is 5.56 Å². The maximum atomic E-state index is 11.3. The number of fused-ring (bicyclic) bond motifs is 1. The van der Waals surface area contributed by atoms with Crippen molar-refractivity contribution in [3.8, 4) is 0 Å². The van der Waals surface area contributed by atoms with Crippen molar-refractivity contribution < 1.29 is 4.79 Å². The number of nitrogens with zero attached hydrogens (tertiary/aromatic N) is 2. The van der Waals surface area contributed by atoms with Crippen molar-refractivity contribution in [1.29, 1.82) is 0 Å². The Kier molecular flexibility index (Phi) is 1.27. The molecular weight excluding hydrogens is 164 g/mol. The molecule has 13 heavy (non-hydrogen) atoms. The van der Waals surface area contributed by atoms with Crippen LogP contribution in [0, 0.1) is 0 Å². The summed E-state index contributed by atoms with van der Waals surface area (Å²) in [6.07, 6.45) is 0.922.